The molecule has 8 heteroatoms. The Morgan fingerprint density at radius 1 is 1.07 bits per heavy atom. The number of aryl methyl sites for hydroxylation is 1. The average molecular weight is 398 g/mol. The van der Waals surface area contributed by atoms with E-state index in [4.69, 9.17) is 28.5 Å². The zero-order chi connectivity index (χ0) is 19.4. The average Bonchev–Trinajstić information content (AvgIpc) is 2.65. The number of hydrogen-bond donors (Lipinski definition) is 2. The van der Waals surface area contributed by atoms with Crippen molar-refractivity contribution in [3.05, 3.63) is 75.7 Å². The second-order valence-electron chi connectivity index (χ2n) is 5.58. The highest BCUT2D eigenvalue weighted by molar-refractivity contribution is 6.35. The molecule has 1 amide bonds. The van der Waals surface area contributed by atoms with Crippen LogP contribution in [0, 0.1) is 18.3 Å². The van der Waals surface area contributed by atoms with Crippen molar-refractivity contribution in [3.8, 4) is 6.07 Å². The Labute approximate surface area is 165 Å². The van der Waals surface area contributed by atoms with Gasteiger partial charge in [0.05, 0.1) is 22.3 Å². The maximum Gasteiger partial charge on any atom is 0.274 e. The fourth-order valence-corrected chi connectivity index (χ4v) is 2.64. The fourth-order valence-electron chi connectivity index (χ4n) is 2.30. The summed E-state index contributed by atoms with van der Waals surface area (Å²) in [6, 6.07) is 15.3. The molecule has 6 nitrogen and oxygen atoms in total. The van der Waals surface area contributed by atoms with Crippen molar-refractivity contribution in [2.75, 3.05) is 10.6 Å². The van der Waals surface area contributed by atoms with E-state index in [0.29, 0.717) is 32.9 Å². The highest BCUT2D eigenvalue weighted by Gasteiger charge is 2.13. The van der Waals surface area contributed by atoms with Crippen LogP contribution in [0.2, 0.25) is 10.0 Å². The van der Waals surface area contributed by atoms with E-state index in [-0.39, 0.29) is 5.69 Å². The topological polar surface area (TPSA) is 90.7 Å². The number of nitriles is 1. The van der Waals surface area contributed by atoms with Crippen LogP contribution in [0.4, 0.5) is 17.2 Å². The van der Waals surface area contributed by atoms with Gasteiger partial charge in [-0.15, -0.1) is 0 Å². The summed E-state index contributed by atoms with van der Waals surface area (Å²) in [5.41, 5.74) is 1.86. The van der Waals surface area contributed by atoms with Gasteiger partial charge in [0, 0.05) is 16.8 Å². The number of carbonyl (C=O) groups is 1. The molecule has 0 aliphatic heterocycles. The zero-order valence-electron chi connectivity index (χ0n) is 14.1. The molecule has 0 aliphatic rings. The van der Waals surface area contributed by atoms with Crippen LogP contribution >= 0.6 is 23.2 Å². The number of benzene rings is 2. The smallest absolute Gasteiger partial charge is 0.274 e. The zero-order valence-corrected chi connectivity index (χ0v) is 15.6. The SMILES string of the molecule is Cc1nc(Nc2ccc(C#N)cc2)cc(C(=O)Nc2cc(Cl)ccc2Cl)n1. The molecule has 2 aromatic carbocycles. The van der Waals surface area contributed by atoms with Gasteiger partial charge in [0.15, 0.2) is 0 Å². The lowest BCUT2D eigenvalue weighted by atomic mass is 10.2. The second-order valence-corrected chi connectivity index (χ2v) is 6.42. The Morgan fingerprint density at radius 3 is 2.52 bits per heavy atom. The molecule has 134 valence electrons. The van der Waals surface area contributed by atoms with Crippen LogP contribution in [0.5, 0.6) is 0 Å². The Bertz CT molecular complexity index is 1040. The van der Waals surface area contributed by atoms with Crippen molar-refractivity contribution in [2.45, 2.75) is 6.92 Å². The van der Waals surface area contributed by atoms with E-state index in [9.17, 15) is 4.79 Å². The van der Waals surface area contributed by atoms with E-state index in [2.05, 4.69) is 26.7 Å². The number of carbonyl (C=O) groups excluding carboxylic acids is 1. The van der Waals surface area contributed by atoms with E-state index < -0.39 is 5.91 Å². The van der Waals surface area contributed by atoms with Crippen LogP contribution in [-0.4, -0.2) is 15.9 Å². The molecule has 0 saturated heterocycles. The fraction of sp³-hybridized carbons (Fsp3) is 0.0526. The Balaban J connectivity index is 1.82. The molecule has 27 heavy (non-hydrogen) atoms. The van der Waals surface area contributed by atoms with Gasteiger partial charge in [-0.25, -0.2) is 9.97 Å². The molecule has 3 aromatic rings. The third-order valence-electron chi connectivity index (χ3n) is 3.53. The van der Waals surface area contributed by atoms with Crippen LogP contribution in [0.15, 0.2) is 48.5 Å². The van der Waals surface area contributed by atoms with E-state index >= 15 is 0 Å². The lowest BCUT2D eigenvalue weighted by molar-refractivity contribution is 0.102. The standard InChI is InChI=1S/C19H13Cl2N5O/c1-11-23-17(19(27)26-16-8-13(20)4-7-15(16)21)9-18(24-11)25-14-5-2-12(10-22)3-6-14/h2-9H,1H3,(H,26,27)(H,23,24,25). The van der Waals surface area contributed by atoms with Crippen LogP contribution in [0.25, 0.3) is 0 Å². The third-order valence-corrected chi connectivity index (χ3v) is 4.10. The van der Waals surface area contributed by atoms with Crippen LogP contribution in [0.3, 0.4) is 0 Å². The van der Waals surface area contributed by atoms with Crippen molar-refractivity contribution >= 4 is 46.3 Å². The predicted octanol–water partition coefficient (Wildman–Crippen LogP) is 4.96. The Kier molecular flexibility index (Phi) is 5.55. The molecule has 1 heterocycles. The molecule has 2 N–H and O–H groups in total. The van der Waals surface area contributed by atoms with Gasteiger partial charge < -0.3 is 10.6 Å². The minimum absolute atomic E-state index is 0.176. The minimum atomic E-state index is -0.437. The number of anilines is 3. The van der Waals surface area contributed by atoms with Gasteiger partial charge in [-0.2, -0.15) is 5.26 Å². The summed E-state index contributed by atoms with van der Waals surface area (Å²) in [6.45, 7) is 1.69. The quantitative estimate of drug-likeness (QED) is 0.648. The summed E-state index contributed by atoms with van der Waals surface area (Å²) in [7, 11) is 0. The monoisotopic (exact) mass is 397 g/mol. The molecule has 0 fully saturated rings. The normalized spacial score (nSPS) is 10.1. The third kappa shape index (κ3) is 4.73. The molecule has 0 unspecified atom stereocenters. The molecule has 0 aliphatic carbocycles. The van der Waals surface area contributed by atoms with Crippen molar-refractivity contribution < 1.29 is 4.79 Å². The summed E-state index contributed by atoms with van der Waals surface area (Å²) < 4.78 is 0. The Morgan fingerprint density at radius 2 is 1.81 bits per heavy atom. The minimum Gasteiger partial charge on any atom is -0.340 e. The van der Waals surface area contributed by atoms with Gasteiger partial charge in [-0.3, -0.25) is 4.79 Å². The lowest BCUT2D eigenvalue weighted by Gasteiger charge is -2.10. The maximum atomic E-state index is 12.6. The van der Waals surface area contributed by atoms with Gasteiger partial charge in [-0.05, 0) is 49.4 Å². The molecular weight excluding hydrogens is 385 g/mol. The molecule has 0 radical (unpaired) electrons. The van der Waals surface area contributed by atoms with Gasteiger partial charge in [0.25, 0.3) is 5.91 Å². The van der Waals surface area contributed by atoms with Gasteiger partial charge in [-0.1, -0.05) is 23.2 Å². The van der Waals surface area contributed by atoms with Crippen molar-refractivity contribution in [1.29, 1.82) is 5.26 Å². The van der Waals surface area contributed by atoms with E-state index in [1.807, 2.05) is 0 Å². The summed E-state index contributed by atoms with van der Waals surface area (Å²) in [6.07, 6.45) is 0. The molecule has 0 spiro atoms. The summed E-state index contributed by atoms with van der Waals surface area (Å²) in [5, 5.41) is 15.5. The first-order valence-corrected chi connectivity index (χ1v) is 8.59. The predicted molar refractivity (Wildman–Crippen MR) is 106 cm³/mol. The molecule has 0 atom stereocenters. The van der Waals surface area contributed by atoms with Crippen molar-refractivity contribution in [2.24, 2.45) is 0 Å². The number of hydrogen-bond acceptors (Lipinski definition) is 5. The lowest BCUT2D eigenvalue weighted by Crippen LogP contribution is -2.15. The largest absolute Gasteiger partial charge is 0.340 e. The van der Waals surface area contributed by atoms with E-state index in [0.717, 1.165) is 5.69 Å². The number of amides is 1. The molecule has 0 bridgehead atoms. The highest BCUT2D eigenvalue weighted by Crippen LogP contribution is 2.26. The maximum absolute atomic E-state index is 12.6. The van der Waals surface area contributed by atoms with Crippen LogP contribution in [0.1, 0.15) is 21.9 Å². The van der Waals surface area contributed by atoms with Gasteiger partial charge in [0.2, 0.25) is 0 Å². The second kappa shape index (κ2) is 8.04. The van der Waals surface area contributed by atoms with Gasteiger partial charge >= 0.3 is 0 Å². The molecule has 3 rings (SSSR count). The van der Waals surface area contributed by atoms with E-state index in [1.54, 1.807) is 49.4 Å². The van der Waals surface area contributed by atoms with Crippen molar-refractivity contribution in [3.63, 3.8) is 0 Å². The first kappa shape index (κ1) is 18.6. The van der Waals surface area contributed by atoms with Crippen molar-refractivity contribution in [1.82, 2.24) is 9.97 Å². The number of halogens is 2. The molecular formula is C19H13Cl2N5O. The molecule has 0 saturated carbocycles. The highest BCUT2D eigenvalue weighted by atomic mass is 35.5. The first-order chi connectivity index (χ1) is 12.9. The van der Waals surface area contributed by atoms with Gasteiger partial charge in [0.1, 0.15) is 17.3 Å². The first-order valence-electron chi connectivity index (χ1n) is 7.84. The summed E-state index contributed by atoms with van der Waals surface area (Å²) in [5.74, 6) is 0.443. The van der Waals surface area contributed by atoms with Crippen LogP contribution in [-0.2, 0) is 0 Å². The number of nitrogens with zero attached hydrogens (tertiary/aromatic N) is 3. The number of nitrogens with one attached hydrogen (secondary N) is 2. The van der Waals surface area contributed by atoms with E-state index in [1.165, 1.54) is 6.07 Å². The number of rotatable bonds is 4. The molecule has 1 aromatic heterocycles. The summed E-state index contributed by atoms with van der Waals surface area (Å²) >= 11 is 12.0. The Hall–Kier alpha value is -3.14. The summed E-state index contributed by atoms with van der Waals surface area (Å²) in [4.78, 5) is 21.0. The number of aromatic nitrogens is 2. The van der Waals surface area contributed by atoms with Crippen LogP contribution < -0.4 is 10.6 Å².